The van der Waals surface area contributed by atoms with Gasteiger partial charge >= 0.3 is 0 Å². The molecule has 2 fully saturated rings. The molecule has 252 valence electrons. The topological polar surface area (TPSA) is 127 Å². The van der Waals surface area contributed by atoms with Gasteiger partial charge in [0.05, 0.1) is 42.9 Å². The van der Waals surface area contributed by atoms with Crippen molar-refractivity contribution in [2.24, 2.45) is 12.5 Å². The summed E-state index contributed by atoms with van der Waals surface area (Å²) in [5, 5.41) is 8.55. The van der Waals surface area contributed by atoms with Gasteiger partial charge in [-0.1, -0.05) is 13.8 Å². The van der Waals surface area contributed by atoms with E-state index in [1.54, 1.807) is 37.8 Å². The molecule has 0 spiro atoms. The number of pyridine rings is 3. The van der Waals surface area contributed by atoms with Gasteiger partial charge in [-0.25, -0.2) is 9.97 Å². The van der Waals surface area contributed by atoms with Gasteiger partial charge in [-0.3, -0.25) is 19.3 Å². The lowest BCUT2D eigenvalue weighted by molar-refractivity contribution is -0.0691. The van der Waals surface area contributed by atoms with Crippen molar-refractivity contribution >= 4 is 44.9 Å². The molecule has 12 nitrogen and oxygen atoms in total. The van der Waals surface area contributed by atoms with Crippen LogP contribution in [0, 0.1) is 5.41 Å². The summed E-state index contributed by atoms with van der Waals surface area (Å²) < 4.78 is 8.67. The van der Waals surface area contributed by atoms with Crippen LogP contribution in [0.25, 0.3) is 27.0 Å². The predicted octanol–water partition coefficient (Wildman–Crippen LogP) is 4.19. The largest absolute Gasteiger partial charge is 0.378 e. The third kappa shape index (κ3) is 5.55. The van der Waals surface area contributed by atoms with Crippen molar-refractivity contribution in [3.8, 4) is 16.9 Å². The highest BCUT2D eigenvalue weighted by Gasteiger charge is 2.34. The van der Waals surface area contributed by atoms with E-state index >= 15 is 0 Å². The first kappa shape index (κ1) is 31.5. The van der Waals surface area contributed by atoms with E-state index < -0.39 is 0 Å². The van der Waals surface area contributed by atoms with E-state index in [1.807, 2.05) is 18.3 Å². The summed E-state index contributed by atoms with van der Waals surface area (Å²) in [6.07, 6.45) is 9.27. The molecule has 2 saturated heterocycles. The van der Waals surface area contributed by atoms with Gasteiger partial charge in [0, 0.05) is 60.9 Å². The van der Waals surface area contributed by atoms with Crippen LogP contribution in [0.1, 0.15) is 41.6 Å². The van der Waals surface area contributed by atoms with Gasteiger partial charge in [0.15, 0.2) is 12.1 Å². The lowest BCUT2D eigenvalue weighted by Crippen LogP contribution is -2.59. The lowest BCUT2D eigenvalue weighted by atomic mass is 9.90. The smallest absolute Gasteiger partial charge is 0.290 e. The van der Waals surface area contributed by atoms with Gasteiger partial charge < -0.3 is 19.5 Å². The number of nitrogens with one attached hydrogen (secondary N) is 1. The fourth-order valence-corrected chi connectivity index (χ4v) is 8.87. The second-order valence-electron chi connectivity index (χ2n) is 14.2. The Morgan fingerprint density at radius 2 is 1.90 bits per heavy atom. The van der Waals surface area contributed by atoms with Gasteiger partial charge in [-0.15, -0.1) is 11.3 Å². The first-order chi connectivity index (χ1) is 23.6. The highest BCUT2D eigenvalue weighted by molar-refractivity contribution is 7.19. The molecule has 0 bridgehead atoms. The summed E-state index contributed by atoms with van der Waals surface area (Å²) in [6, 6.07) is 8.15. The van der Waals surface area contributed by atoms with Crippen molar-refractivity contribution in [3.05, 3.63) is 85.8 Å². The molecule has 1 N–H and O–H groups in total. The van der Waals surface area contributed by atoms with Crippen LogP contribution in [0.4, 0.5) is 17.2 Å². The number of aldehydes is 1. The Balaban J connectivity index is 1.08. The van der Waals surface area contributed by atoms with E-state index in [4.69, 9.17) is 4.74 Å². The summed E-state index contributed by atoms with van der Waals surface area (Å²) in [5.74, 6) is 0.669. The second kappa shape index (κ2) is 12.0. The Bertz CT molecular complexity index is 2220. The Labute approximate surface area is 287 Å². The van der Waals surface area contributed by atoms with Crippen LogP contribution >= 0.6 is 11.3 Å². The van der Waals surface area contributed by atoms with Crippen LogP contribution in [-0.2, 0) is 24.6 Å². The second-order valence-corrected chi connectivity index (χ2v) is 15.3. The Kier molecular flexibility index (Phi) is 7.73. The number of ether oxygens (including phenoxy) is 1. The molecule has 1 atom stereocenters. The minimum Gasteiger partial charge on any atom is -0.378 e. The molecular formula is C36H38N8O4S. The standard InChI is InChI=1S/C36H38N8O4S/c1-21-16-42(24-19-48-20-24)9-10-43(21)23-5-6-31(38-14-23)40-29-11-22(17-41(4)34(29)46)25-7-8-37-33(28(25)18-45)44-35(47)32-27(15-39-44)26-12-36(2,3)13-30(26)49-32/h5-8,11,14-15,17-18,21,24H,9-10,12-13,16,19-20H2,1-4H3,(H,38,40). The normalized spacial score (nSPS) is 19.2. The monoisotopic (exact) mass is 678 g/mol. The van der Waals surface area contributed by atoms with Crippen molar-refractivity contribution in [2.75, 3.05) is 43.1 Å². The van der Waals surface area contributed by atoms with E-state index in [-0.39, 0.29) is 27.9 Å². The summed E-state index contributed by atoms with van der Waals surface area (Å²) in [6.45, 7) is 11.2. The zero-order valence-corrected chi connectivity index (χ0v) is 28.8. The molecule has 5 aromatic heterocycles. The molecular weight excluding hydrogens is 641 g/mol. The number of piperazine rings is 1. The van der Waals surface area contributed by atoms with Crippen molar-refractivity contribution in [3.63, 3.8) is 0 Å². The van der Waals surface area contributed by atoms with Gasteiger partial charge in [0.2, 0.25) is 0 Å². The number of hydrogen-bond acceptors (Lipinski definition) is 11. The molecule has 0 radical (unpaired) electrons. The van der Waals surface area contributed by atoms with Crippen LogP contribution in [0.2, 0.25) is 0 Å². The Hall–Kier alpha value is -4.72. The Morgan fingerprint density at radius 1 is 1.06 bits per heavy atom. The van der Waals surface area contributed by atoms with Crippen molar-refractivity contribution in [1.29, 1.82) is 0 Å². The molecule has 8 rings (SSSR count). The van der Waals surface area contributed by atoms with Crippen molar-refractivity contribution < 1.29 is 9.53 Å². The van der Waals surface area contributed by atoms with Crippen LogP contribution < -0.4 is 21.3 Å². The van der Waals surface area contributed by atoms with Crippen LogP contribution in [0.5, 0.6) is 0 Å². The number of aryl methyl sites for hydroxylation is 1. The summed E-state index contributed by atoms with van der Waals surface area (Å²) in [7, 11) is 1.66. The number of nitrogens with zero attached hydrogens (tertiary/aromatic N) is 7. The molecule has 13 heteroatoms. The highest BCUT2D eigenvalue weighted by atomic mass is 32.1. The molecule has 7 heterocycles. The molecule has 0 amide bonds. The quantitative estimate of drug-likeness (QED) is 0.251. The molecule has 1 aliphatic carbocycles. The maximum atomic E-state index is 13.7. The third-order valence-electron chi connectivity index (χ3n) is 10.0. The van der Waals surface area contributed by atoms with Gasteiger partial charge in [-0.05, 0) is 60.6 Å². The first-order valence-corrected chi connectivity index (χ1v) is 17.4. The number of hydrogen-bond donors (Lipinski definition) is 1. The SMILES string of the molecule is CC1CN(C2COC2)CCN1c1ccc(Nc2cc(-c3ccnc(-n4ncc5c6c(sc5c4=O)CC(C)(C)C6)c3C=O)cn(C)c2=O)nc1. The van der Waals surface area contributed by atoms with Crippen LogP contribution in [-0.4, -0.2) is 80.4 Å². The minimum absolute atomic E-state index is 0.144. The zero-order chi connectivity index (χ0) is 34.0. The fraction of sp³-hybridized carbons (Fsp3) is 0.389. The van der Waals surface area contributed by atoms with E-state index in [0.29, 0.717) is 45.7 Å². The van der Waals surface area contributed by atoms with Gasteiger partial charge in [-0.2, -0.15) is 9.78 Å². The molecule has 1 unspecified atom stereocenters. The molecule has 49 heavy (non-hydrogen) atoms. The van der Waals surface area contributed by atoms with Crippen LogP contribution in [0.3, 0.4) is 0 Å². The summed E-state index contributed by atoms with van der Waals surface area (Å²) in [5.41, 5.74) is 3.45. The van der Waals surface area contributed by atoms with E-state index in [2.05, 4.69) is 51.0 Å². The van der Waals surface area contributed by atoms with Crippen molar-refractivity contribution in [1.82, 2.24) is 29.2 Å². The minimum atomic E-state index is -0.302. The van der Waals surface area contributed by atoms with E-state index in [0.717, 1.165) is 56.8 Å². The molecule has 5 aromatic rings. The maximum Gasteiger partial charge on any atom is 0.290 e. The molecule has 0 saturated carbocycles. The maximum absolute atomic E-state index is 13.7. The number of rotatable bonds is 7. The number of thiophene rings is 1. The average molecular weight is 679 g/mol. The van der Waals surface area contributed by atoms with E-state index in [1.165, 1.54) is 31.0 Å². The van der Waals surface area contributed by atoms with Gasteiger partial charge in [0.1, 0.15) is 16.2 Å². The lowest BCUT2D eigenvalue weighted by Gasteiger charge is -2.46. The third-order valence-corrected chi connectivity index (χ3v) is 11.3. The molecule has 3 aliphatic rings. The fourth-order valence-electron chi connectivity index (χ4n) is 7.40. The Morgan fingerprint density at radius 3 is 2.61 bits per heavy atom. The van der Waals surface area contributed by atoms with Crippen LogP contribution in [0.15, 0.2) is 58.6 Å². The summed E-state index contributed by atoms with van der Waals surface area (Å²) in [4.78, 5) is 54.8. The van der Waals surface area contributed by atoms with Crippen molar-refractivity contribution in [2.45, 2.75) is 45.7 Å². The predicted molar refractivity (Wildman–Crippen MR) is 191 cm³/mol. The zero-order valence-electron chi connectivity index (χ0n) is 28.0. The van der Waals surface area contributed by atoms with E-state index in [9.17, 15) is 14.4 Å². The number of anilines is 3. The number of carbonyl (C=O) groups is 1. The average Bonchev–Trinajstić information content (AvgIpc) is 3.55. The number of aromatic nitrogens is 5. The number of carbonyl (C=O) groups excluding carboxylic acids is 1. The highest BCUT2D eigenvalue weighted by Crippen LogP contribution is 2.43. The number of fused-ring (bicyclic) bond motifs is 3. The van der Waals surface area contributed by atoms with Gasteiger partial charge in [0.25, 0.3) is 11.1 Å². The first-order valence-electron chi connectivity index (χ1n) is 16.6. The molecule has 2 aliphatic heterocycles. The summed E-state index contributed by atoms with van der Waals surface area (Å²) >= 11 is 1.51. The molecule has 0 aromatic carbocycles.